The van der Waals surface area contributed by atoms with E-state index in [-0.39, 0.29) is 0 Å². The van der Waals surface area contributed by atoms with Crippen LogP contribution < -0.4 is 14.9 Å². The molecule has 0 aromatic heterocycles. The summed E-state index contributed by atoms with van der Waals surface area (Å²) in [6, 6.07) is 30.2. The lowest BCUT2D eigenvalue weighted by Gasteiger charge is -2.27. The number of nitrogens with zero attached hydrogens (tertiary/aromatic N) is 1. The van der Waals surface area contributed by atoms with Crippen LogP contribution in [0.2, 0.25) is 5.02 Å². The van der Waals surface area contributed by atoms with Crippen molar-refractivity contribution in [2.75, 3.05) is 7.11 Å². The number of rotatable bonds is 9. The first kappa shape index (κ1) is 25.0. The van der Waals surface area contributed by atoms with E-state index in [1.807, 2.05) is 36.4 Å². The molecule has 1 amide bonds. The Bertz CT molecular complexity index is 1290. The zero-order valence-electron chi connectivity index (χ0n) is 19.6. The van der Waals surface area contributed by atoms with E-state index >= 15 is 0 Å². The first-order valence-electron chi connectivity index (χ1n) is 11.2. The molecule has 7 heteroatoms. The maximum Gasteiger partial charge on any atom is 0.281 e. The second kappa shape index (κ2) is 11.5. The van der Waals surface area contributed by atoms with Gasteiger partial charge in [-0.15, -0.1) is 0 Å². The molecule has 0 unspecified atom stereocenters. The number of aliphatic hydroxyl groups is 1. The standard InChI is InChI=1S/C29H25ClN2O4/c1-35-27-18-22(14-17-26(27)36-20-21-12-15-25(30)16-13-21)19-31-32-28(33)29(34,23-8-4-2-5-9-23)24-10-6-3-7-11-24/h2-19,34H,20H2,1H3,(H,32,33)/b31-19-. The van der Waals surface area contributed by atoms with Crippen molar-refractivity contribution in [2.45, 2.75) is 12.2 Å². The number of carbonyl (C=O) groups is 1. The van der Waals surface area contributed by atoms with Crippen molar-refractivity contribution >= 4 is 23.7 Å². The van der Waals surface area contributed by atoms with E-state index in [2.05, 4.69) is 10.5 Å². The van der Waals surface area contributed by atoms with E-state index in [4.69, 9.17) is 21.1 Å². The summed E-state index contributed by atoms with van der Waals surface area (Å²) >= 11 is 5.93. The van der Waals surface area contributed by atoms with E-state index in [0.717, 1.165) is 5.56 Å². The highest BCUT2D eigenvalue weighted by Gasteiger charge is 2.39. The lowest BCUT2D eigenvalue weighted by atomic mass is 9.85. The molecule has 182 valence electrons. The highest BCUT2D eigenvalue weighted by Crippen LogP contribution is 2.30. The SMILES string of the molecule is COc1cc(/C=N\NC(=O)C(O)(c2ccccc2)c2ccccc2)ccc1OCc1ccc(Cl)cc1. The largest absolute Gasteiger partial charge is 0.493 e. The number of hydrazone groups is 1. The molecule has 36 heavy (non-hydrogen) atoms. The van der Waals surface area contributed by atoms with E-state index in [1.54, 1.807) is 73.8 Å². The van der Waals surface area contributed by atoms with Crippen molar-refractivity contribution in [3.05, 3.63) is 130 Å². The van der Waals surface area contributed by atoms with Crippen LogP contribution in [-0.2, 0) is 17.0 Å². The Balaban J connectivity index is 1.48. The molecule has 0 aliphatic heterocycles. The van der Waals surface area contributed by atoms with Gasteiger partial charge in [0.15, 0.2) is 17.1 Å². The van der Waals surface area contributed by atoms with Gasteiger partial charge in [0.1, 0.15) is 6.61 Å². The van der Waals surface area contributed by atoms with Crippen LogP contribution >= 0.6 is 11.6 Å². The number of hydrogen-bond donors (Lipinski definition) is 2. The average Bonchev–Trinajstić information content (AvgIpc) is 2.93. The number of benzene rings is 4. The number of nitrogens with one attached hydrogen (secondary N) is 1. The minimum absolute atomic E-state index is 0.356. The number of methoxy groups -OCH3 is 1. The third kappa shape index (κ3) is 5.74. The molecule has 6 nitrogen and oxygen atoms in total. The van der Waals surface area contributed by atoms with Gasteiger partial charge in [-0.05, 0) is 52.6 Å². The number of halogens is 1. The van der Waals surface area contributed by atoms with Gasteiger partial charge in [0, 0.05) is 5.02 Å². The van der Waals surface area contributed by atoms with Gasteiger partial charge in [0.25, 0.3) is 5.91 Å². The van der Waals surface area contributed by atoms with Crippen molar-refractivity contribution in [3.8, 4) is 11.5 Å². The number of ether oxygens (including phenoxy) is 2. The van der Waals surface area contributed by atoms with Gasteiger partial charge in [0.2, 0.25) is 0 Å². The monoisotopic (exact) mass is 500 g/mol. The van der Waals surface area contributed by atoms with Crippen molar-refractivity contribution in [2.24, 2.45) is 5.10 Å². The molecule has 4 aromatic carbocycles. The molecule has 0 aliphatic rings. The van der Waals surface area contributed by atoms with Gasteiger partial charge in [-0.3, -0.25) is 4.79 Å². The summed E-state index contributed by atoms with van der Waals surface area (Å²) in [6.45, 7) is 0.356. The van der Waals surface area contributed by atoms with Crippen molar-refractivity contribution in [1.82, 2.24) is 5.43 Å². The Hall–Kier alpha value is -4.13. The highest BCUT2D eigenvalue weighted by molar-refractivity contribution is 6.30. The topological polar surface area (TPSA) is 80.2 Å². The Morgan fingerprint density at radius 1 is 0.917 bits per heavy atom. The van der Waals surface area contributed by atoms with E-state index in [1.165, 1.54) is 6.21 Å². The van der Waals surface area contributed by atoms with Crippen molar-refractivity contribution in [1.29, 1.82) is 0 Å². The number of amides is 1. The van der Waals surface area contributed by atoms with Crippen LogP contribution in [0.15, 0.2) is 108 Å². The predicted octanol–water partition coefficient (Wildman–Crippen LogP) is 5.31. The summed E-state index contributed by atoms with van der Waals surface area (Å²) in [5.74, 6) is 0.409. The van der Waals surface area contributed by atoms with Crippen LogP contribution in [-0.4, -0.2) is 24.3 Å². The van der Waals surface area contributed by atoms with Crippen LogP contribution in [0.5, 0.6) is 11.5 Å². The van der Waals surface area contributed by atoms with Gasteiger partial charge in [-0.1, -0.05) is 84.4 Å². The Labute approximate surface area is 214 Å². The molecule has 0 bridgehead atoms. The van der Waals surface area contributed by atoms with E-state index < -0.39 is 11.5 Å². The quantitative estimate of drug-likeness (QED) is 0.241. The van der Waals surface area contributed by atoms with Gasteiger partial charge in [-0.2, -0.15) is 5.10 Å². The van der Waals surface area contributed by atoms with E-state index in [0.29, 0.717) is 39.8 Å². The summed E-state index contributed by atoms with van der Waals surface area (Å²) in [5.41, 5.74) is 3.09. The predicted molar refractivity (Wildman–Crippen MR) is 140 cm³/mol. The molecular weight excluding hydrogens is 476 g/mol. The van der Waals surface area contributed by atoms with Crippen LogP contribution in [0.4, 0.5) is 0 Å². The summed E-state index contributed by atoms with van der Waals surface area (Å²) < 4.78 is 11.3. The number of hydrogen-bond acceptors (Lipinski definition) is 5. The summed E-state index contributed by atoms with van der Waals surface area (Å²) in [4.78, 5) is 13.1. The smallest absolute Gasteiger partial charge is 0.281 e. The Kier molecular flexibility index (Phi) is 8.00. The van der Waals surface area contributed by atoms with Gasteiger partial charge >= 0.3 is 0 Å². The molecule has 0 spiro atoms. The second-order valence-electron chi connectivity index (χ2n) is 7.97. The van der Waals surface area contributed by atoms with Crippen molar-refractivity contribution in [3.63, 3.8) is 0 Å². The molecule has 4 aromatic rings. The van der Waals surface area contributed by atoms with Crippen LogP contribution in [0.25, 0.3) is 0 Å². The van der Waals surface area contributed by atoms with Crippen molar-refractivity contribution < 1.29 is 19.4 Å². The van der Waals surface area contributed by atoms with Gasteiger partial charge < -0.3 is 14.6 Å². The van der Waals surface area contributed by atoms with Crippen LogP contribution in [0, 0.1) is 0 Å². The lowest BCUT2D eigenvalue weighted by molar-refractivity contribution is -0.136. The molecule has 0 radical (unpaired) electrons. The van der Waals surface area contributed by atoms with E-state index in [9.17, 15) is 9.90 Å². The molecule has 0 atom stereocenters. The maximum atomic E-state index is 13.1. The lowest BCUT2D eigenvalue weighted by Crippen LogP contribution is -2.43. The zero-order valence-corrected chi connectivity index (χ0v) is 20.4. The molecule has 0 saturated carbocycles. The van der Waals surface area contributed by atoms with Gasteiger partial charge in [-0.25, -0.2) is 5.43 Å². The summed E-state index contributed by atoms with van der Waals surface area (Å²) in [7, 11) is 1.55. The molecule has 0 heterocycles. The number of carbonyl (C=O) groups excluding carboxylic acids is 1. The van der Waals surface area contributed by atoms with Crippen LogP contribution in [0.3, 0.4) is 0 Å². The van der Waals surface area contributed by atoms with Gasteiger partial charge in [0.05, 0.1) is 13.3 Å². The minimum atomic E-state index is -1.91. The Morgan fingerprint density at radius 2 is 1.53 bits per heavy atom. The zero-order chi connectivity index (χ0) is 25.4. The fourth-order valence-electron chi connectivity index (χ4n) is 3.66. The normalized spacial score (nSPS) is 11.3. The summed E-state index contributed by atoms with van der Waals surface area (Å²) in [5, 5.41) is 16.2. The maximum absolute atomic E-state index is 13.1. The third-order valence-electron chi connectivity index (χ3n) is 5.59. The molecule has 0 aliphatic carbocycles. The molecule has 4 rings (SSSR count). The fourth-order valence-corrected chi connectivity index (χ4v) is 3.79. The first-order valence-corrected chi connectivity index (χ1v) is 11.6. The minimum Gasteiger partial charge on any atom is -0.493 e. The molecule has 0 fully saturated rings. The fraction of sp³-hybridized carbons (Fsp3) is 0.103. The van der Waals surface area contributed by atoms with Crippen LogP contribution in [0.1, 0.15) is 22.3 Å². The highest BCUT2D eigenvalue weighted by atomic mass is 35.5. The molecule has 2 N–H and O–H groups in total. The summed E-state index contributed by atoms with van der Waals surface area (Å²) in [6.07, 6.45) is 1.47. The third-order valence-corrected chi connectivity index (χ3v) is 5.84. The molecular formula is C29H25ClN2O4. The second-order valence-corrected chi connectivity index (χ2v) is 8.40. The first-order chi connectivity index (χ1) is 17.5. The Morgan fingerprint density at radius 3 is 2.11 bits per heavy atom. The molecule has 0 saturated heterocycles. The average molecular weight is 501 g/mol.